The summed E-state index contributed by atoms with van der Waals surface area (Å²) in [6.07, 6.45) is 2.50. The molecule has 0 aliphatic heterocycles. The second kappa shape index (κ2) is 3.45. The van der Waals surface area contributed by atoms with Crippen molar-refractivity contribution in [1.82, 2.24) is 9.55 Å². The molecule has 1 heterocycles. The molecule has 1 aromatic heterocycles. The van der Waals surface area contributed by atoms with Gasteiger partial charge in [0.1, 0.15) is 5.82 Å². The summed E-state index contributed by atoms with van der Waals surface area (Å²) in [5.74, 6) is 0.964. The van der Waals surface area contributed by atoms with E-state index in [0.717, 1.165) is 5.52 Å². The van der Waals surface area contributed by atoms with Gasteiger partial charge >= 0.3 is 0 Å². The summed E-state index contributed by atoms with van der Waals surface area (Å²) in [6, 6.07) is 3.66. The van der Waals surface area contributed by atoms with Crippen LogP contribution in [0.2, 0.25) is 0 Å². The number of rotatable bonds is 2. The molecule has 0 radical (unpaired) electrons. The van der Waals surface area contributed by atoms with Crippen LogP contribution in [0, 0.1) is 18.7 Å². The van der Waals surface area contributed by atoms with E-state index < -0.39 is 0 Å². The van der Waals surface area contributed by atoms with Crippen LogP contribution >= 0.6 is 0 Å². The van der Waals surface area contributed by atoms with Gasteiger partial charge in [-0.15, -0.1) is 0 Å². The van der Waals surface area contributed by atoms with Crippen molar-refractivity contribution in [2.24, 2.45) is 5.92 Å². The number of aromatic nitrogens is 2. The SMILES string of the molecule is Cc1cc2c(cc1F)nc(N)n2C(C)C1CC1. The van der Waals surface area contributed by atoms with E-state index in [1.165, 1.54) is 18.9 Å². The Morgan fingerprint density at radius 1 is 1.47 bits per heavy atom. The van der Waals surface area contributed by atoms with Gasteiger partial charge in [0.25, 0.3) is 0 Å². The number of halogens is 1. The average Bonchev–Trinajstić information content (AvgIpc) is 3.04. The zero-order chi connectivity index (χ0) is 12.2. The first kappa shape index (κ1) is 10.6. The zero-order valence-electron chi connectivity index (χ0n) is 10.1. The van der Waals surface area contributed by atoms with E-state index in [-0.39, 0.29) is 5.82 Å². The first-order valence-corrected chi connectivity index (χ1v) is 6.01. The molecule has 90 valence electrons. The van der Waals surface area contributed by atoms with Gasteiger partial charge in [0.15, 0.2) is 0 Å². The molecule has 4 heteroatoms. The van der Waals surface area contributed by atoms with Crippen molar-refractivity contribution in [3.8, 4) is 0 Å². The molecule has 1 aliphatic rings. The van der Waals surface area contributed by atoms with Gasteiger partial charge in [0.2, 0.25) is 5.95 Å². The van der Waals surface area contributed by atoms with Crippen LogP contribution in [-0.4, -0.2) is 9.55 Å². The largest absolute Gasteiger partial charge is 0.369 e. The Morgan fingerprint density at radius 3 is 2.82 bits per heavy atom. The smallest absolute Gasteiger partial charge is 0.201 e. The molecular formula is C13H16FN3. The number of fused-ring (bicyclic) bond motifs is 1. The lowest BCUT2D eigenvalue weighted by Crippen LogP contribution is -2.10. The monoisotopic (exact) mass is 233 g/mol. The van der Waals surface area contributed by atoms with Gasteiger partial charge in [-0.3, -0.25) is 0 Å². The molecule has 1 aliphatic carbocycles. The van der Waals surface area contributed by atoms with Crippen LogP contribution in [0.1, 0.15) is 31.4 Å². The van der Waals surface area contributed by atoms with Crippen molar-refractivity contribution < 1.29 is 4.39 Å². The third-order valence-electron chi connectivity index (χ3n) is 3.71. The van der Waals surface area contributed by atoms with Crippen LogP contribution in [0.5, 0.6) is 0 Å². The molecule has 0 spiro atoms. The Labute approximate surface area is 99.4 Å². The van der Waals surface area contributed by atoms with Crippen LogP contribution in [0.3, 0.4) is 0 Å². The van der Waals surface area contributed by atoms with Crippen molar-refractivity contribution in [2.45, 2.75) is 32.7 Å². The molecule has 1 atom stereocenters. The maximum Gasteiger partial charge on any atom is 0.201 e. The Bertz CT molecular complexity index is 584. The van der Waals surface area contributed by atoms with Gasteiger partial charge in [0.05, 0.1) is 11.0 Å². The summed E-state index contributed by atoms with van der Waals surface area (Å²) in [5, 5.41) is 0. The summed E-state index contributed by atoms with van der Waals surface area (Å²) in [7, 11) is 0. The number of aryl methyl sites for hydroxylation is 1. The lowest BCUT2D eigenvalue weighted by Gasteiger charge is -2.15. The van der Waals surface area contributed by atoms with Gasteiger partial charge < -0.3 is 10.3 Å². The molecule has 17 heavy (non-hydrogen) atoms. The summed E-state index contributed by atoms with van der Waals surface area (Å²) >= 11 is 0. The summed E-state index contributed by atoms with van der Waals surface area (Å²) in [6.45, 7) is 3.93. The normalized spacial score (nSPS) is 17.6. The highest BCUT2D eigenvalue weighted by molar-refractivity contribution is 5.79. The highest BCUT2D eigenvalue weighted by Gasteiger charge is 2.31. The summed E-state index contributed by atoms with van der Waals surface area (Å²) in [5.41, 5.74) is 8.19. The Kier molecular flexibility index (Phi) is 2.15. The number of hydrogen-bond donors (Lipinski definition) is 1. The minimum absolute atomic E-state index is 0.221. The summed E-state index contributed by atoms with van der Waals surface area (Å²) < 4.78 is 15.5. The fourth-order valence-electron chi connectivity index (χ4n) is 2.46. The minimum Gasteiger partial charge on any atom is -0.369 e. The van der Waals surface area contributed by atoms with Crippen molar-refractivity contribution in [1.29, 1.82) is 0 Å². The second-order valence-electron chi connectivity index (χ2n) is 5.01. The third-order valence-corrected chi connectivity index (χ3v) is 3.71. The fourth-order valence-corrected chi connectivity index (χ4v) is 2.46. The maximum atomic E-state index is 13.5. The Hall–Kier alpha value is -1.58. The standard InChI is InChI=1S/C13H16FN3/c1-7-5-12-11(6-10(7)14)16-13(15)17(12)8(2)9-3-4-9/h5-6,8-9H,3-4H2,1-2H3,(H2,15,16). The lowest BCUT2D eigenvalue weighted by atomic mass is 10.1. The highest BCUT2D eigenvalue weighted by Crippen LogP contribution is 2.41. The zero-order valence-corrected chi connectivity index (χ0v) is 10.1. The third kappa shape index (κ3) is 1.59. The molecule has 1 fully saturated rings. The molecule has 1 saturated carbocycles. The number of nitrogens with two attached hydrogens (primary N) is 1. The number of imidazole rings is 1. The summed E-state index contributed by atoms with van der Waals surface area (Å²) in [4.78, 5) is 4.25. The predicted molar refractivity (Wildman–Crippen MR) is 66.3 cm³/mol. The van der Waals surface area contributed by atoms with E-state index in [2.05, 4.69) is 11.9 Å². The number of anilines is 1. The molecule has 0 amide bonds. The molecule has 2 N–H and O–H groups in total. The first-order chi connectivity index (χ1) is 8.08. The van der Waals surface area contributed by atoms with E-state index in [1.54, 1.807) is 6.92 Å². The topological polar surface area (TPSA) is 43.8 Å². The average molecular weight is 233 g/mol. The first-order valence-electron chi connectivity index (χ1n) is 6.01. The van der Waals surface area contributed by atoms with Gasteiger partial charge in [-0.2, -0.15) is 0 Å². The van der Waals surface area contributed by atoms with E-state index in [4.69, 9.17) is 5.73 Å². The number of nitrogens with zero attached hydrogens (tertiary/aromatic N) is 2. The van der Waals surface area contributed by atoms with Crippen LogP contribution in [-0.2, 0) is 0 Å². The predicted octanol–water partition coefficient (Wildman–Crippen LogP) is 3.04. The molecule has 0 saturated heterocycles. The molecule has 1 aromatic carbocycles. The molecule has 0 bridgehead atoms. The van der Waals surface area contributed by atoms with Crippen molar-refractivity contribution >= 4 is 17.0 Å². The highest BCUT2D eigenvalue weighted by atomic mass is 19.1. The van der Waals surface area contributed by atoms with E-state index in [1.807, 2.05) is 10.6 Å². The Balaban J connectivity index is 2.22. The lowest BCUT2D eigenvalue weighted by molar-refractivity contribution is 0.503. The van der Waals surface area contributed by atoms with Gasteiger partial charge in [0, 0.05) is 12.1 Å². The van der Waals surface area contributed by atoms with E-state index in [0.29, 0.717) is 29.0 Å². The molecule has 2 aromatic rings. The molecule has 3 nitrogen and oxygen atoms in total. The molecule has 1 unspecified atom stereocenters. The fraction of sp³-hybridized carbons (Fsp3) is 0.462. The van der Waals surface area contributed by atoms with Crippen LogP contribution in [0.25, 0.3) is 11.0 Å². The van der Waals surface area contributed by atoms with E-state index in [9.17, 15) is 4.39 Å². The van der Waals surface area contributed by atoms with E-state index >= 15 is 0 Å². The van der Waals surface area contributed by atoms with Gasteiger partial charge in [-0.05, 0) is 44.2 Å². The van der Waals surface area contributed by atoms with Crippen molar-refractivity contribution in [3.63, 3.8) is 0 Å². The van der Waals surface area contributed by atoms with Gasteiger partial charge in [-0.25, -0.2) is 9.37 Å². The molecular weight excluding hydrogens is 217 g/mol. The number of nitrogen functional groups attached to an aromatic ring is 1. The number of benzene rings is 1. The second-order valence-corrected chi connectivity index (χ2v) is 5.01. The Morgan fingerprint density at radius 2 is 2.18 bits per heavy atom. The van der Waals surface area contributed by atoms with Crippen LogP contribution < -0.4 is 5.73 Å². The van der Waals surface area contributed by atoms with Crippen molar-refractivity contribution in [3.05, 3.63) is 23.5 Å². The molecule has 3 rings (SSSR count). The number of hydrogen-bond acceptors (Lipinski definition) is 2. The quantitative estimate of drug-likeness (QED) is 0.866. The van der Waals surface area contributed by atoms with Crippen LogP contribution in [0.4, 0.5) is 10.3 Å². The van der Waals surface area contributed by atoms with Crippen LogP contribution in [0.15, 0.2) is 12.1 Å². The van der Waals surface area contributed by atoms with Gasteiger partial charge in [-0.1, -0.05) is 0 Å². The maximum absolute atomic E-state index is 13.5. The minimum atomic E-state index is -0.221. The van der Waals surface area contributed by atoms with Crippen molar-refractivity contribution in [2.75, 3.05) is 5.73 Å².